The van der Waals surface area contributed by atoms with Crippen molar-refractivity contribution < 1.29 is 9.21 Å². The number of nitrogens with one attached hydrogen (secondary N) is 1. The maximum atomic E-state index is 12.5. The predicted molar refractivity (Wildman–Crippen MR) is 104 cm³/mol. The van der Waals surface area contributed by atoms with Gasteiger partial charge in [0.25, 0.3) is 0 Å². The summed E-state index contributed by atoms with van der Waals surface area (Å²) in [4.78, 5) is 14.5. The minimum atomic E-state index is -0.168. The van der Waals surface area contributed by atoms with Crippen LogP contribution in [-0.2, 0) is 17.9 Å². The van der Waals surface area contributed by atoms with Gasteiger partial charge in [0.15, 0.2) is 0 Å². The molecule has 0 atom stereocenters. The van der Waals surface area contributed by atoms with Gasteiger partial charge >= 0.3 is 0 Å². The number of amides is 1. The summed E-state index contributed by atoms with van der Waals surface area (Å²) in [5, 5.41) is 12.1. The highest BCUT2D eigenvalue weighted by molar-refractivity contribution is 6.32. The van der Waals surface area contributed by atoms with E-state index in [1.54, 1.807) is 24.5 Å². The zero-order valence-corrected chi connectivity index (χ0v) is 15.3. The molecule has 27 heavy (non-hydrogen) atoms. The van der Waals surface area contributed by atoms with E-state index in [0.29, 0.717) is 29.4 Å². The Morgan fingerprint density at radius 3 is 2.59 bits per heavy atom. The molecule has 0 aliphatic carbocycles. The molecule has 3 rings (SSSR count). The van der Waals surface area contributed by atoms with Gasteiger partial charge in [0.05, 0.1) is 29.9 Å². The fourth-order valence-electron chi connectivity index (χ4n) is 2.72. The summed E-state index contributed by atoms with van der Waals surface area (Å²) in [6, 6.07) is 20.5. The number of carbonyl (C=O) groups is 1. The number of anilines is 1. The first-order chi connectivity index (χ1) is 13.1. The molecule has 1 N–H and O–H groups in total. The van der Waals surface area contributed by atoms with Crippen LogP contribution in [0.2, 0.25) is 5.02 Å². The summed E-state index contributed by atoms with van der Waals surface area (Å²) in [5.74, 6) is 0.624. The molecule has 0 saturated carbocycles. The zero-order chi connectivity index (χ0) is 19.1. The van der Waals surface area contributed by atoms with E-state index in [-0.39, 0.29) is 12.5 Å². The molecular formula is C21H18ClN3O2. The highest BCUT2D eigenvalue weighted by atomic mass is 35.5. The molecule has 2 aromatic carbocycles. The van der Waals surface area contributed by atoms with Crippen LogP contribution >= 0.6 is 11.6 Å². The van der Waals surface area contributed by atoms with Crippen LogP contribution in [0.3, 0.4) is 0 Å². The van der Waals surface area contributed by atoms with Crippen molar-refractivity contribution in [1.82, 2.24) is 4.90 Å². The van der Waals surface area contributed by atoms with Crippen molar-refractivity contribution in [1.29, 1.82) is 5.26 Å². The molecule has 0 fully saturated rings. The van der Waals surface area contributed by atoms with Crippen molar-refractivity contribution in [3.05, 3.63) is 88.8 Å². The molecule has 5 nitrogen and oxygen atoms in total. The van der Waals surface area contributed by atoms with Crippen LogP contribution in [0.15, 0.2) is 71.3 Å². The monoisotopic (exact) mass is 379 g/mol. The number of furan rings is 1. The molecule has 1 aromatic heterocycles. The summed E-state index contributed by atoms with van der Waals surface area (Å²) >= 11 is 6.02. The quantitative estimate of drug-likeness (QED) is 0.658. The SMILES string of the molecule is N#Cc1ccc(NC(=O)CN(Cc2ccccc2)Cc2ccco2)cc1Cl. The topological polar surface area (TPSA) is 69.3 Å². The van der Waals surface area contributed by atoms with Gasteiger partial charge in [0, 0.05) is 12.2 Å². The van der Waals surface area contributed by atoms with Gasteiger partial charge in [0.1, 0.15) is 11.8 Å². The van der Waals surface area contributed by atoms with Crippen molar-refractivity contribution in [2.75, 3.05) is 11.9 Å². The second-order valence-electron chi connectivity index (χ2n) is 6.06. The first-order valence-electron chi connectivity index (χ1n) is 8.42. The summed E-state index contributed by atoms with van der Waals surface area (Å²) in [5.41, 5.74) is 2.04. The molecule has 6 heteroatoms. The normalized spacial score (nSPS) is 10.6. The van der Waals surface area contributed by atoms with Crippen molar-refractivity contribution in [3.8, 4) is 6.07 Å². The maximum absolute atomic E-state index is 12.5. The van der Waals surface area contributed by atoms with E-state index in [0.717, 1.165) is 11.3 Å². The van der Waals surface area contributed by atoms with Gasteiger partial charge < -0.3 is 9.73 Å². The molecule has 0 radical (unpaired) electrons. The van der Waals surface area contributed by atoms with E-state index < -0.39 is 0 Å². The molecule has 0 unspecified atom stereocenters. The third-order valence-corrected chi connectivity index (χ3v) is 4.26. The Morgan fingerprint density at radius 1 is 1.11 bits per heavy atom. The molecule has 136 valence electrons. The number of nitriles is 1. The van der Waals surface area contributed by atoms with E-state index >= 15 is 0 Å². The van der Waals surface area contributed by atoms with Crippen LogP contribution in [0.4, 0.5) is 5.69 Å². The summed E-state index contributed by atoms with van der Waals surface area (Å²) in [6.45, 7) is 1.32. The Hall–Kier alpha value is -3.07. The lowest BCUT2D eigenvalue weighted by Gasteiger charge is -2.21. The van der Waals surface area contributed by atoms with Crippen LogP contribution in [0.1, 0.15) is 16.9 Å². The highest BCUT2D eigenvalue weighted by Crippen LogP contribution is 2.20. The number of hydrogen-bond acceptors (Lipinski definition) is 4. The van der Waals surface area contributed by atoms with Gasteiger partial charge in [-0.3, -0.25) is 9.69 Å². The van der Waals surface area contributed by atoms with Gasteiger partial charge in [0.2, 0.25) is 5.91 Å². The smallest absolute Gasteiger partial charge is 0.238 e. The Bertz CT molecular complexity index is 934. The summed E-state index contributed by atoms with van der Waals surface area (Å²) in [6.07, 6.45) is 1.62. The van der Waals surface area contributed by atoms with Crippen LogP contribution in [0, 0.1) is 11.3 Å². The fourth-order valence-corrected chi connectivity index (χ4v) is 2.94. The minimum absolute atomic E-state index is 0.168. The number of carbonyl (C=O) groups excluding carboxylic acids is 1. The van der Waals surface area contributed by atoms with E-state index in [1.165, 1.54) is 0 Å². The average molecular weight is 380 g/mol. The van der Waals surface area contributed by atoms with Crippen molar-refractivity contribution in [2.24, 2.45) is 0 Å². The molecule has 3 aromatic rings. The van der Waals surface area contributed by atoms with Crippen molar-refractivity contribution >= 4 is 23.2 Å². The number of nitrogens with zero attached hydrogens (tertiary/aromatic N) is 2. The predicted octanol–water partition coefficient (Wildman–Crippen LogP) is 4.45. The first-order valence-corrected chi connectivity index (χ1v) is 8.80. The number of halogens is 1. The highest BCUT2D eigenvalue weighted by Gasteiger charge is 2.14. The molecule has 0 aliphatic rings. The first kappa shape index (κ1) is 18.7. The van der Waals surface area contributed by atoms with Crippen LogP contribution in [0.25, 0.3) is 0 Å². The fraction of sp³-hybridized carbons (Fsp3) is 0.143. The largest absolute Gasteiger partial charge is 0.468 e. The average Bonchev–Trinajstić information content (AvgIpc) is 3.15. The lowest BCUT2D eigenvalue weighted by atomic mass is 10.2. The van der Waals surface area contributed by atoms with E-state index in [9.17, 15) is 4.79 Å². The minimum Gasteiger partial charge on any atom is -0.468 e. The molecule has 0 aliphatic heterocycles. The molecule has 0 saturated heterocycles. The van der Waals surface area contributed by atoms with Gasteiger partial charge in [-0.25, -0.2) is 0 Å². The Labute approximate surface area is 162 Å². The third kappa shape index (κ3) is 5.45. The maximum Gasteiger partial charge on any atom is 0.238 e. The van der Waals surface area contributed by atoms with Gasteiger partial charge in [-0.05, 0) is 35.9 Å². The molecule has 0 bridgehead atoms. The van der Waals surface area contributed by atoms with Gasteiger partial charge in [-0.15, -0.1) is 0 Å². The van der Waals surface area contributed by atoms with Gasteiger partial charge in [-0.2, -0.15) is 5.26 Å². The molecular weight excluding hydrogens is 362 g/mol. The van der Waals surface area contributed by atoms with E-state index in [4.69, 9.17) is 21.3 Å². The van der Waals surface area contributed by atoms with Crippen LogP contribution < -0.4 is 5.32 Å². The summed E-state index contributed by atoms with van der Waals surface area (Å²) < 4.78 is 5.42. The van der Waals surface area contributed by atoms with Crippen LogP contribution in [0.5, 0.6) is 0 Å². The Morgan fingerprint density at radius 2 is 1.93 bits per heavy atom. The standard InChI is InChI=1S/C21H18ClN3O2/c22-20-11-18(9-8-17(20)12-23)24-21(26)15-25(14-19-7-4-10-27-19)13-16-5-2-1-3-6-16/h1-11H,13-15H2,(H,24,26). The van der Waals surface area contributed by atoms with Crippen LogP contribution in [-0.4, -0.2) is 17.4 Å². The molecule has 1 heterocycles. The number of hydrogen-bond donors (Lipinski definition) is 1. The Balaban J connectivity index is 1.68. The number of benzene rings is 2. The van der Waals surface area contributed by atoms with E-state index in [1.807, 2.05) is 53.4 Å². The number of rotatable bonds is 7. The van der Waals surface area contributed by atoms with Crippen molar-refractivity contribution in [3.63, 3.8) is 0 Å². The van der Waals surface area contributed by atoms with Crippen molar-refractivity contribution in [2.45, 2.75) is 13.1 Å². The lowest BCUT2D eigenvalue weighted by Crippen LogP contribution is -2.32. The molecule has 0 spiro atoms. The molecule has 1 amide bonds. The second-order valence-corrected chi connectivity index (χ2v) is 6.47. The van der Waals surface area contributed by atoms with E-state index in [2.05, 4.69) is 5.32 Å². The zero-order valence-electron chi connectivity index (χ0n) is 14.6. The second kappa shape index (κ2) is 9.04. The third-order valence-electron chi connectivity index (χ3n) is 3.95. The lowest BCUT2D eigenvalue weighted by molar-refractivity contribution is -0.117. The van der Waals surface area contributed by atoms with Gasteiger partial charge in [-0.1, -0.05) is 41.9 Å². The summed E-state index contributed by atoms with van der Waals surface area (Å²) in [7, 11) is 0. The Kier molecular flexibility index (Phi) is 6.26.